The highest BCUT2D eigenvalue weighted by Crippen LogP contribution is 1.94. The van der Waals surface area contributed by atoms with E-state index in [0.717, 1.165) is 0 Å². The van der Waals surface area contributed by atoms with Gasteiger partial charge in [0.15, 0.2) is 0 Å². The van der Waals surface area contributed by atoms with E-state index in [9.17, 15) is 67.3 Å². The fraction of sp³-hybridized carbons (Fsp3) is 0. The van der Waals surface area contributed by atoms with Crippen LogP contribution in [0.5, 0.6) is 0 Å². The molecule has 0 aromatic carbocycles. The number of rotatable bonds is 12. The van der Waals surface area contributed by atoms with Gasteiger partial charge in [0.05, 0.1) is 0 Å². The maximum Gasteiger partial charge on any atom is 0.425 e. The van der Waals surface area contributed by atoms with Crippen molar-refractivity contribution in [2.75, 3.05) is 0 Å². The van der Waals surface area contributed by atoms with Crippen LogP contribution in [0.15, 0.2) is 0 Å². The van der Waals surface area contributed by atoms with Gasteiger partial charge in [0, 0.05) is 0 Å². The molecule has 0 radical (unpaired) electrons. The van der Waals surface area contributed by atoms with E-state index in [1.54, 1.807) is 0 Å². The normalized spacial score (nSPS) is 13.4. The summed E-state index contributed by atoms with van der Waals surface area (Å²) in [4.78, 5) is 0. The van der Waals surface area contributed by atoms with Gasteiger partial charge in [-0.3, -0.25) is 36.4 Å². The van der Waals surface area contributed by atoms with E-state index in [-0.39, 0.29) is 0 Å². The SMILES string of the molecule is O=S(=O)(O)OOS(=O)(=O)O.O=S(=O)(O)OOS(=O)(=O)O.O=S(=O)(O)OOS(=O)(=O)O.O=S(=O)(O)OOS(=O)(=O)O. The first kappa shape index (κ1) is 45.9. The lowest BCUT2D eigenvalue weighted by Crippen LogP contribution is -2.10. The second-order valence-electron chi connectivity index (χ2n) is 3.97. The lowest BCUT2D eigenvalue weighted by molar-refractivity contribution is -0.105. The molecule has 0 fully saturated rings. The van der Waals surface area contributed by atoms with Gasteiger partial charge in [0.2, 0.25) is 0 Å². The molecule has 0 rings (SSSR count). The van der Waals surface area contributed by atoms with Crippen molar-refractivity contribution in [1.82, 2.24) is 0 Å². The Morgan fingerprint density at radius 3 is 0.275 bits per heavy atom. The summed E-state index contributed by atoms with van der Waals surface area (Å²) >= 11 is 0. The van der Waals surface area contributed by atoms with Gasteiger partial charge < -0.3 is 0 Å². The molecule has 0 aromatic heterocycles. The highest BCUT2D eigenvalue weighted by molar-refractivity contribution is 7.84. The van der Waals surface area contributed by atoms with Crippen LogP contribution in [0.3, 0.4) is 0 Å². The summed E-state index contributed by atoms with van der Waals surface area (Å²) in [5.41, 5.74) is 0. The van der Waals surface area contributed by atoms with Crippen molar-refractivity contribution in [2.24, 2.45) is 0 Å². The molecule has 32 nitrogen and oxygen atoms in total. The van der Waals surface area contributed by atoms with Crippen LogP contribution in [0.4, 0.5) is 0 Å². The van der Waals surface area contributed by atoms with E-state index >= 15 is 0 Å². The van der Waals surface area contributed by atoms with E-state index in [4.69, 9.17) is 36.4 Å². The molecular weight excluding hydrogens is 769 g/mol. The molecule has 0 unspecified atom stereocenters. The minimum absolute atomic E-state index is 2.78. The third-order valence-corrected chi connectivity index (χ3v) is 3.06. The molecule has 0 aliphatic carbocycles. The zero-order valence-electron chi connectivity index (χ0n) is 16.6. The Balaban J connectivity index is -0.000000216. The summed E-state index contributed by atoms with van der Waals surface area (Å²) in [5, 5.41) is 0. The molecule has 0 saturated carbocycles. The molecule has 8 N–H and O–H groups in total. The molecular formula is H8O32S8. The highest BCUT2D eigenvalue weighted by Gasteiger charge is 2.15. The predicted molar refractivity (Wildman–Crippen MR) is 101 cm³/mol. The van der Waals surface area contributed by atoms with E-state index in [1.165, 1.54) is 0 Å². The van der Waals surface area contributed by atoms with Gasteiger partial charge in [-0.1, -0.05) is 34.7 Å². The van der Waals surface area contributed by atoms with E-state index < -0.39 is 83.2 Å². The smallest absolute Gasteiger partial charge is 0.262 e. The molecule has 0 amide bonds. The van der Waals surface area contributed by atoms with Gasteiger partial charge in [-0.2, -0.15) is 67.3 Å². The molecule has 0 saturated heterocycles. The second kappa shape index (κ2) is 17.2. The fourth-order valence-corrected chi connectivity index (χ4v) is 2.53. The summed E-state index contributed by atoms with van der Waals surface area (Å²) < 4.78 is 235. The van der Waals surface area contributed by atoms with Gasteiger partial charge in [-0.15, -0.1) is 0 Å². The molecule has 40 heteroatoms. The van der Waals surface area contributed by atoms with Gasteiger partial charge in [-0.25, -0.2) is 0 Å². The zero-order valence-corrected chi connectivity index (χ0v) is 23.2. The van der Waals surface area contributed by atoms with Crippen LogP contribution in [0.25, 0.3) is 0 Å². The standard InChI is InChI=1S/4H2O8S2/c4*1-9(2,3)7-8-10(4,5)6/h4*(H,1,2,3)(H,4,5,6). The first-order valence-corrected chi connectivity index (χ1v) is 17.0. The molecule has 0 aliphatic rings. The van der Waals surface area contributed by atoms with E-state index in [1.807, 2.05) is 0 Å². The zero-order chi connectivity index (χ0) is 33.7. The topological polar surface area (TPSA) is 509 Å². The summed E-state index contributed by atoms with van der Waals surface area (Å²) in [6.45, 7) is 0. The van der Waals surface area contributed by atoms with Crippen LogP contribution in [-0.4, -0.2) is 104 Å². The van der Waals surface area contributed by atoms with Crippen molar-refractivity contribution in [1.29, 1.82) is 0 Å². The summed E-state index contributed by atoms with van der Waals surface area (Å²) in [6, 6.07) is 0. The molecule has 248 valence electrons. The van der Waals surface area contributed by atoms with Crippen LogP contribution in [0.2, 0.25) is 0 Å². The van der Waals surface area contributed by atoms with E-state index in [0.29, 0.717) is 0 Å². The molecule has 0 aliphatic heterocycles. The first-order valence-electron chi connectivity index (χ1n) is 6.13. The average Bonchev–Trinajstić information content (AvgIpc) is 2.59. The Kier molecular flexibility index (Phi) is 19.7. The summed E-state index contributed by atoms with van der Waals surface area (Å²) in [5.74, 6) is 0. The van der Waals surface area contributed by atoms with Crippen LogP contribution in [0.1, 0.15) is 0 Å². The van der Waals surface area contributed by atoms with Crippen LogP contribution in [0, 0.1) is 0 Å². The maximum absolute atomic E-state index is 9.51. The Morgan fingerprint density at radius 2 is 0.250 bits per heavy atom. The van der Waals surface area contributed by atoms with Crippen LogP contribution in [-0.2, 0) is 118 Å². The monoisotopic (exact) mass is 776 g/mol. The molecule has 0 spiro atoms. The maximum atomic E-state index is 9.51. The molecule has 0 heterocycles. The third-order valence-electron chi connectivity index (χ3n) is 0.799. The Labute approximate surface area is 221 Å². The number of hydrogen-bond acceptors (Lipinski definition) is 24. The van der Waals surface area contributed by atoms with Crippen molar-refractivity contribution in [3.8, 4) is 0 Å². The van der Waals surface area contributed by atoms with Crippen LogP contribution < -0.4 is 0 Å². The van der Waals surface area contributed by atoms with Gasteiger partial charge in [0.1, 0.15) is 0 Å². The van der Waals surface area contributed by atoms with Crippen molar-refractivity contribution < 1.29 is 138 Å². The first-order chi connectivity index (χ1) is 16.8. The lowest BCUT2D eigenvalue weighted by atomic mass is 14.9. The lowest BCUT2D eigenvalue weighted by Gasteiger charge is -1.92. The second-order valence-corrected chi connectivity index (χ2v) is 11.9. The Bertz CT molecular complexity index is 1230. The molecule has 0 atom stereocenters. The van der Waals surface area contributed by atoms with Crippen molar-refractivity contribution in [3.05, 3.63) is 0 Å². The molecule has 40 heavy (non-hydrogen) atoms. The van der Waals surface area contributed by atoms with Crippen molar-refractivity contribution in [2.45, 2.75) is 0 Å². The van der Waals surface area contributed by atoms with Crippen LogP contribution >= 0.6 is 0 Å². The minimum Gasteiger partial charge on any atom is -0.262 e. The third kappa shape index (κ3) is 65.8. The molecule has 0 bridgehead atoms. The minimum atomic E-state index is -5.02. The van der Waals surface area contributed by atoms with Gasteiger partial charge in [-0.05, 0) is 0 Å². The largest absolute Gasteiger partial charge is 0.425 e. The summed E-state index contributed by atoms with van der Waals surface area (Å²) in [7, 11) is -40.1. The number of hydrogen-bond donors (Lipinski definition) is 8. The summed E-state index contributed by atoms with van der Waals surface area (Å²) in [6.07, 6.45) is 0. The van der Waals surface area contributed by atoms with E-state index in [2.05, 4.69) is 34.7 Å². The Hall–Kier alpha value is -1.04. The van der Waals surface area contributed by atoms with Crippen molar-refractivity contribution >= 4 is 83.2 Å². The molecule has 0 aromatic rings. The van der Waals surface area contributed by atoms with Gasteiger partial charge in [0.25, 0.3) is 0 Å². The Morgan fingerprint density at radius 1 is 0.200 bits per heavy atom. The highest BCUT2D eigenvalue weighted by atomic mass is 32.3. The predicted octanol–water partition coefficient (Wildman–Crippen LogP) is -5.84. The average molecular weight is 777 g/mol. The van der Waals surface area contributed by atoms with Gasteiger partial charge >= 0.3 is 83.2 Å². The quantitative estimate of drug-likeness (QED) is 0.0519. The fourth-order valence-electron chi connectivity index (χ4n) is 0.281. The van der Waals surface area contributed by atoms with Crippen molar-refractivity contribution in [3.63, 3.8) is 0 Å².